The Labute approximate surface area is 79.5 Å². The lowest BCUT2D eigenvalue weighted by Gasteiger charge is -2.12. The van der Waals surface area contributed by atoms with E-state index in [2.05, 4.69) is 18.9 Å². The Morgan fingerprint density at radius 3 is 2.62 bits per heavy atom. The fraction of sp³-hybridized carbons (Fsp3) is 0.600. The maximum atomic E-state index is 5.48. The second-order valence-electron chi connectivity index (χ2n) is 3.31. The molecule has 3 heteroatoms. The topological polar surface area (TPSA) is 42.4 Å². The molecule has 0 aliphatic rings. The molecule has 1 aromatic rings. The number of furan rings is 1. The Balaban J connectivity index is 2.44. The van der Waals surface area contributed by atoms with Gasteiger partial charge in [-0.05, 0) is 32.1 Å². The van der Waals surface area contributed by atoms with Crippen LogP contribution in [0.15, 0.2) is 16.5 Å². The first-order valence-electron chi connectivity index (χ1n) is 4.72. The van der Waals surface area contributed by atoms with Crippen LogP contribution in [0.1, 0.15) is 24.9 Å². The van der Waals surface area contributed by atoms with Crippen LogP contribution in [0.4, 0.5) is 0 Å². The van der Waals surface area contributed by atoms with Gasteiger partial charge < -0.3 is 10.2 Å². The van der Waals surface area contributed by atoms with Crippen LogP contribution in [-0.2, 0) is 13.1 Å². The first kappa shape index (κ1) is 10.3. The van der Waals surface area contributed by atoms with Gasteiger partial charge in [0.2, 0.25) is 0 Å². The molecular weight excluding hydrogens is 164 g/mol. The van der Waals surface area contributed by atoms with Gasteiger partial charge in [-0.1, -0.05) is 6.92 Å². The molecule has 13 heavy (non-hydrogen) atoms. The number of nitrogens with two attached hydrogens (primary N) is 1. The van der Waals surface area contributed by atoms with Crippen LogP contribution in [0.5, 0.6) is 0 Å². The minimum atomic E-state index is 0.484. The predicted molar refractivity (Wildman–Crippen MR) is 53.2 cm³/mol. The lowest BCUT2D eigenvalue weighted by Crippen LogP contribution is -2.17. The van der Waals surface area contributed by atoms with Crippen LogP contribution in [-0.4, -0.2) is 18.5 Å². The molecule has 0 saturated heterocycles. The van der Waals surface area contributed by atoms with Crippen molar-refractivity contribution in [2.24, 2.45) is 5.73 Å². The summed E-state index contributed by atoms with van der Waals surface area (Å²) in [5.41, 5.74) is 5.45. The Hall–Kier alpha value is -0.800. The van der Waals surface area contributed by atoms with Gasteiger partial charge >= 0.3 is 0 Å². The zero-order chi connectivity index (χ0) is 9.68. The fourth-order valence-corrected chi connectivity index (χ4v) is 1.34. The van der Waals surface area contributed by atoms with E-state index in [-0.39, 0.29) is 0 Å². The van der Waals surface area contributed by atoms with E-state index in [9.17, 15) is 0 Å². The SMILES string of the molecule is CCCN(C)Cc1ccc(CN)o1. The van der Waals surface area contributed by atoms with Gasteiger partial charge in [0.1, 0.15) is 11.5 Å². The average molecular weight is 182 g/mol. The largest absolute Gasteiger partial charge is 0.463 e. The van der Waals surface area contributed by atoms with E-state index in [1.807, 2.05) is 12.1 Å². The van der Waals surface area contributed by atoms with Crippen LogP contribution >= 0.6 is 0 Å². The molecule has 0 spiro atoms. The molecule has 0 aromatic carbocycles. The first-order chi connectivity index (χ1) is 6.26. The smallest absolute Gasteiger partial charge is 0.118 e. The molecule has 0 saturated carbocycles. The minimum Gasteiger partial charge on any atom is -0.463 e. The normalized spacial score (nSPS) is 11.1. The average Bonchev–Trinajstić information content (AvgIpc) is 2.52. The lowest BCUT2D eigenvalue weighted by molar-refractivity contribution is 0.291. The van der Waals surface area contributed by atoms with E-state index in [4.69, 9.17) is 10.2 Å². The fourth-order valence-electron chi connectivity index (χ4n) is 1.34. The van der Waals surface area contributed by atoms with Crippen molar-refractivity contribution in [2.75, 3.05) is 13.6 Å². The van der Waals surface area contributed by atoms with E-state index in [0.29, 0.717) is 6.54 Å². The summed E-state index contributed by atoms with van der Waals surface area (Å²) < 4.78 is 5.48. The van der Waals surface area contributed by atoms with Crippen molar-refractivity contribution in [1.82, 2.24) is 4.90 Å². The molecule has 0 bridgehead atoms. The molecule has 74 valence electrons. The van der Waals surface area contributed by atoms with Gasteiger partial charge in [-0.2, -0.15) is 0 Å². The molecule has 0 radical (unpaired) electrons. The maximum Gasteiger partial charge on any atom is 0.118 e. The summed E-state index contributed by atoms with van der Waals surface area (Å²) in [6.45, 7) is 4.62. The number of hydrogen-bond acceptors (Lipinski definition) is 3. The highest BCUT2D eigenvalue weighted by Crippen LogP contribution is 2.09. The van der Waals surface area contributed by atoms with E-state index in [1.165, 1.54) is 6.42 Å². The van der Waals surface area contributed by atoms with Gasteiger partial charge in [0.15, 0.2) is 0 Å². The van der Waals surface area contributed by atoms with Gasteiger partial charge in [0.25, 0.3) is 0 Å². The van der Waals surface area contributed by atoms with E-state index in [1.54, 1.807) is 0 Å². The Morgan fingerprint density at radius 1 is 1.38 bits per heavy atom. The monoisotopic (exact) mass is 182 g/mol. The molecule has 0 amide bonds. The zero-order valence-electron chi connectivity index (χ0n) is 8.42. The van der Waals surface area contributed by atoms with Crippen LogP contribution in [0.25, 0.3) is 0 Å². The second kappa shape index (κ2) is 5.04. The molecule has 1 rings (SSSR count). The summed E-state index contributed by atoms with van der Waals surface area (Å²) in [6, 6.07) is 3.93. The molecule has 0 fully saturated rings. The maximum absolute atomic E-state index is 5.48. The third-order valence-corrected chi connectivity index (χ3v) is 1.95. The quantitative estimate of drug-likeness (QED) is 0.751. The van der Waals surface area contributed by atoms with Crippen molar-refractivity contribution in [3.63, 3.8) is 0 Å². The third kappa shape index (κ3) is 3.20. The van der Waals surface area contributed by atoms with Gasteiger partial charge in [-0.3, -0.25) is 4.90 Å². The molecule has 0 aliphatic heterocycles. The summed E-state index contributed by atoms with van der Waals surface area (Å²) >= 11 is 0. The van der Waals surface area contributed by atoms with Crippen molar-refractivity contribution < 1.29 is 4.42 Å². The standard InChI is InChI=1S/C10H18N2O/c1-3-6-12(2)8-10-5-4-9(7-11)13-10/h4-5H,3,6-8,11H2,1-2H3. The van der Waals surface area contributed by atoms with Crippen molar-refractivity contribution in [1.29, 1.82) is 0 Å². The summed E-state index contributed by atoms with van der Waals surface area (Å²) in [5.74, 6) is 1.86. The molecular formula is C10H18N2O. The predicted octanol–water partition coefficient (Wildman–Crippen LogP) is 1.58. The van der Waals surface area contributed by atoms with E-state index < -0.39 is 0 Å². The zero-order valence-corrected chi connectivity index (χ0v) is 8.42. The molecule has 0 unspecified atom stereocenters. The van der Waals surface area contributed by atoms with Crippen molar-refractivity contribution in [3.8, 4) is 0 Å². The molecule has 0 aliphatic carbocycles. The van der Waals surface area contributed by atoms with Crippen LogP contribution in [0.3, 0.4) is 0 Å². The van der Waals surface area contributed by atoms with E-state index >= 15 is 0 Å². The third-order valence-electron chi connectivity index (χ3n) is 1.95. The Morgan fingerprint density at radius 2 is 2.08 bits per heavy atom. The number of hydrogen-bond donors (Lipinski definition) is 1. The van der Waals surface area contributed by atoms with Crippen LogP contribution < -0.4 is 5.73 Å². The van der Waals surface area contributed by atoms with Crippen molar-refractivity contribution >= 4 is 0 Å². The van der Waals surface area contributed by atoms with Crippen molar-refractivity contribution in [3.05, 3.63) is 23.7 Å². The van der Waals surface area contributed by atoms with Gasteiger partial charge in [0, 0.05) is 0 Å². The molecule has 1 heterocycles. The summed E-state index contributed by atoms with van der Waals surface area (Å²) in [5, 5.41) is 0. The molecule has 1 aromatic heterocycles. The lowest BCUT2D eigenvalue weighted by atomic mass is 10.4. The minimum absolute atomic E-state index is 0.484. The van der Waals surface area contributed by atoms with Gasteiger partial charge in [-0.15, -0.1) is 0 Å². The highest BCUT2D eigenvalue weighted by Gasteiger charge is 2.03. The summed E-state index contributed by atoms with van der Waals surface area (Å²) in [7, 11) is 2.09. The highest BCUT2D eigenvalue weighted by molar-refractivity contribution is 5.06. The Bertz CT molecular complexity index is 245. The summed E-state index contributed by atoms with van der Waals surface area (Å²) in [4.78, 5) is 2.24. The van der Waals surface area contributed by atoms with Crippen LogP contribution in [0, 0.1) is 0 Å². The molecule has 0 atom stereocenters. The number of rotatable bonds is 5. The van der Waals surface area contributed by atoms with Crippen molar-refractivity contribution in [2.45, 2.75) is 26.4 Å². The Kier molecular flexibility index (Phi) is 3.99. The summed E-state index contributed by atoms with van der Waals surface area (Å²) in [6.07, 6.45) is 1.17. The molecule has 3 nitrogen and oxygen atoms in total. The second-order valence-corrected chi connectivity index (χ2v) is 3.31. The van der Waals surface area contributed by atoms with Crippen LogP contribution in [0.2, 0.25) is 0 Å². The molecule has 2 N–H and O–H groups in total. The van der Waals surface area contributed by atoms with Gasteiger partial charge in [0.05, 0.1) is 13.1 Å². The number of nitrogens with zero attached hydrogens (tertiary/aromatic N) is 1. The first-order valence-corrected chi connectivity index (χ1v) is 4.72. The van der Waals surface area contributed by atoms with E-state index in [0.717, 1.165) is 24.6 Å². The highest BCUT2D eigenvalue weighted by atomic mass is 16.3. The van der Waals surface area contributed by atoms with Gasteiger partial charge in [-0.25, -0.2) is 0 Å².